The molecule has 0 aliphatic heterocycles. The van der Waals surface area contributed by atoms with Crippen LogP contribution in [-0.2, 0) is 11.2 Å². The third-order valence-corrected chi connectivity index (χ3v) is 2.75. The van der Waals surface area contributed by atoms with Crippen molar-refractivity contribution in [2.45, 2.75) is 13.3 Å². The van der Waals surface area contributed by atoms with E-state index in [-0.39, 0.29) is 5.75 Å². The number of hydrogen-bond donors (Lipinski definition) is 2. The Morgan fingerprint density at radius 3 is 2.60 bits per heavy atom. The van der Waals surface area contributed by atoms with Crippen LogP contribution in [0.4, 0.5) is 10.5 Å². The smallest absolute Gasteiger partial charge is 0.411 e. The molecule has 1 amide bonds. The van der Waals surface area contributed by atoms with Crippen LogP contribution in [0.15, 0.2) is 48.5 Å². The molecule has 0 fully saturated rings. The minimum absolute atomic E-state index is 0.116. The van der Waals surface area contributed by atoms with Crippen LogP contribution in [0.5, 0.6) is 5.75 Å². The highest BCUT2D eigenvalue weighted by molar-refractivity contribution is 5.85. The van der Waals surface area contributed by atoms with Crippen molar-refractivity contribution in [1.82, 2.24) is 0 Å². The number of phenols is 1. The second-order valence-corrected chi connectivity index (χ2v) is 4.40. The van der Waals surface area contributed by atoms with Crippen LogP contribution in [0.3, 0.4) is 0 Å². The average molecular weight is 271 g/mol. The van der Waals surface area contributed by atoms with Crippen molar-refractivity contribution in [1.29, 1.82) is 0 Å². The summed E-state index contributed by atoms with van der Waals surface area (Å²) in [6.07, 6.45) is 0.163. The van der Waals surface area contributed by atoms with Crippen molar-refractivity contribution in [3.8, 4) is 5.75 Å². The van der Waals surface area contributed by atoms with Crippen molar-refractivity contribution in [3.05, 3.63) is 59.7 Å². The Balaban J connectivity index is 2.14. The Morgan fingerprint density at radius 2 is 1.90 bits per heavy atom. The van der Waals surface area contributed by atoms with Crippen molar-refractivity contribution in [3.63, 3.8) is 0 Å². The van der Waals surface area contributed by atoms with Gasteiger partial charge in [0.15, 0.2) is 0 Å². The molecule has 0 bridgehead atoms. The zero-order valence-electron chi connectivity index (χ0n) is 11.3. The van der Waals surface area contributed by atoms with Crippen molar-refractivity contribution >= 4 is 11.8 Å². The molecule has 0 saturated heterocycles. The Labute approximate surface area is 118 Å². The third-order valence-electron chi connectivity index (χ3n) is 2.75. The maximum absolute atomic E-state index is 11.4. The summed E-state index contributed by atoms with van der Waals surface area (Å²) in [7, 11) is 0. The molecule has 0 saturated carbocycles. The number of hydrogen-bond acceptors (Lipinski definition) is 3. The topological polar surface area (TPSA) is 58.6 Å². The fraction of sp³-hybridized carbons (Fsp3) is 0.188. The van der Waals surface area contributed by atoms with Gasteiger partial charge >= 0.3 is 6.09 Å². The Kier molecular flexibility index (Phi) is 4.60. The standard InChI is InChI=1S/C16H17NO3/c1-2-20-16(19)17-14-9-13(10-15(18)11-14)8-12-6-4-3-5-7-12/h3-7,9-11,18H,2,8H2,1H3,(H,17,19). The Morgan fingerprint density at radius 1 is 1.15 bits per heavy atom. The molecule has 0 aliphatic carbocycles. The summed E-state index contributed by atoms with van der Waals surface area (Å²) in [6.45, 7) is 2.05. The van der Waals surface area contributed by atoms with Gasteiger partial charge in [0.25, 0.3) is 0 Å². The molecule has 0 spiro atoms. The minimum Gasteiger partial charge on any atom is -0.508 e. The molecule has 0 aliphatic rings. The van der Waals surface area contributed by atoms with Gasteiger partial charge in [-0.2, -0.15) is 0 Å². The summed E-state index contributed by atoms with van der Waals surface area (Å²) in [5.74, 6) is 0.116. The molecule has 4 nitrogen and oxygen atoms in total. The zero-order chi connectivity index (χ0) is 14.4. The minimum atomic E-state index is -0.524. The number of aromatic hydroxyl groups is 1. The lowest BCUT2D eigenvalue weighted by Gasteiger charge is -2.09. The molecule has 2 N–H and O–H groups in total. The average Bonchev–Trinajstić information content (AvgIpc) is 2.39. The SMILES string of the molecule is CCOC(=O)Nc1cc(O)cc(Cc2ccccc2)c1. The van der Waals surface area contributed by atoms with Gasteiger partial charge in [-0.25, -0.2) is 4.79 Å². The zero-order valence-corrected chi connectivity index (χ0v) is 11.3. The summed E-state index contributed by atoms with van der Waals surface area (Å²) in [4.78, 5) is 11.4. The summed E-state index contributed by atoms with van der Waals surface area (Å²) in [6, 6.07) is 14.9. The monoisotopic (exact) mass is 271 g/mol. The molecular formula is C16H17NO3. The van der Waals surface area contributed by atoms with Crippen LogP contribution in [-0.4, -0.2) is 17.8 Å². The van der Waals surface area contributed by atoms with E-state index in [1.165, 1.54) is 6.07 Å². The van der Waals surface area contributed by atoms with Crippen molar-refractivity contribution in [2.24, 2.45) is 0 Å². The largest absolute Gasteiger partial charge is 0.508 e. The fourth-order valence-corrected chi connectivity index (χ4v) is 1.96. The lowest BCUT2D eigenvalue weighted by molar-refractivity contribution is 0.168. The van der Waals surface area contributed by atoms with Crippen LogP contribution < -0.4 is 5.32 Å². The fourth-order valence-electron chi connectivity index (χ4n) is 1.96. The van der Waals surface area contributed by atoms with E-state index in [1.54, 1.807) is 13.0 Å². The first-order valence-corrected chi connectivity index (χ1v) is 6.48. The Hall–Kier alpha value is -2.49. The number of carbonyl (C=O) groups excluding carboxylic acids is 1. The number of ether oxygens (including phenoxy) is 1. The number of rotatable bonds is 4. The molecule has 0 unspecified atom stereocenters. The third kappa shape index (κ3) is 4.02. The summed E-state index contributed by atoms with van der Waals surface area (Å²) >= 11 is 0. The Bertz CT molecular complexity index is 582. The number of amides is 1. The summed E-state index contributed by atoms with van der Waals surface area (Å²) in [5.41, 5.74) is 2.58. The predicted molar refractivity (Wildman–Crippen MR) is 78.0 cm³/mol. The number of anilines is 1. The molecule has 2 aromatic carbocycles. The van der Waals surface area contributed by atoms with E-state index in [4.69, 9.17) is 4.74 Å². The molecule has 104 valence electrons. The summed E-state index contributed by atoms with van der Waals surface area (Å²) in [5, 5.41) is 12.3. The van der Waals surface area contributed by atoms with Crippen LogP contribution in [0, 0.1) is 0 Å². The first-order valence-electron chi connectivity index (χ1n) is 6.48. The van der Waals surface area contributed by atoms with E-state index in [9.17, 15) is 9.90 Å². The van der Waals surface area contributed by atoms with Crippen LogP contribution in [0.1, 0.15) is 18.1 Å². The maximum atomic E-state index is 11.4. The van der Waals surface area contributed by atoms with Crippen LogP contribution in [0.2, 0.25) is 0 Å². The van der Waals surface area contributed by atoms with Crippen LogP contribution >= 0.6 is 0 Å². The van der Waals surface area contributed by atoms with Gasteiger partial charge in [0.05, 0.1) is 6.61 Å². The van der Waals surface area contributed by atoms with Gasteiger partial charge in [0.1, 0.15) is 5.75 Å². The number of benzene rings is 2. The molecule has 0 radical (unpaired) electrons. The molecule has 2 aromatic rings. The van der Waals surface area contributed by atoms with Gasteiger partial charge in [0, 0.05) is 11.8 Å². The van der Waals surface area contributed by atoms with Gasteiger partial charge in [-0.15, -0.1) is 0 Å². The van der Waals surface area contributed by atoms with E-state index < -0.39 is 6.09 Å². The number of phenolic OH excluding ortho intramolecular Hbond substituents is 1. The molecule has 20 heavy (non-hydrogen) atoms. The van der Waals surface area contributed by atoms with E-state index in [2.05, 4.69) is 5.32 Å². The van der Waals surface area contributed by atoms with Gasteiger partial charge in [0.2, 0.25) is 0 Å². The summed E-state index contributed by atoms with van der Waals surface area (Å²) < 4.78 is 4.81. The normalized spacial score (nSPS) is 10.1. The second-order valence-electron chi connectivity index (χ2n) is 4.40. The van der Waals surface area contributed by atoms with E-state index in [0.29, 0.717) is 18.7 Å². The molecule has 4 heteroatoms. The molecular weight excluding hydrogens is 254 g/mol. The van der Waals surface area contributed by atoms with Crippen molar-refractivity contribution in [2.75, 3.05) is 11.9 Å². The van der Waals surface area contributed by atoms with Crippen molar-refractivity contribution < 1.29 is 14.6 Å². The predicted octanol–water partition coefficient (Wildman–Crippen LogP) is 3.55. The molecule has 0 heterocycles. The van der Waals surface area contributed by atoms with Gasteiger partial charge in [-0.3, -0.25) is 5.32 Å². The molecule has 2 rings (SSSR count). The highest BCUT2D eigenvalue weighted by Gasteiger charge is 2.05. The van der Waals surface area contributed by atoms with E-state index >= 15 is 0 Å². The van der Waals surface area contributed by atoms with E-state index in [1.807, 2.05) is 36.4 Å². The maximum Gasteiger partial charge on any atom is 0.411 e. The number of carbonyl (C=O) groups is 1. The van der Waals surface area contributed by atoms with Gasteiger partial charge in [-0.1, -0.05) is 30.3 Å². The van der Waals surface area contributed by atoms with Gasteiger partial charge < -0.3 is 9.84 Å². The quantitative estimate of drug-likeness (QED) is 0.894. The van der Waals surface area contributed by atoms with Crippen LogP contribution in [0.25, 0.3) is 0 Å². The van der Waals surface area contributed by atoms with Gasteiger partial charge in [-0.05, 0) is 36.6 Å². The van der Waals surface area contributed by atoms with E-state index in [0.717, 1.165) is 11.1 Å². The lowest BCUT2D eigenvalue weighted by Crippen LogP contribution is -2.13. The first-order chi connectivity index (χ1) is 9.67. The highest BCUT2D eigenvalue weighted by atomic mass is 16.5. The first kappa shape index (κ1) is 13.9. The molecule has 0 atom stereocenters. The highest BCUT2D eigenvalue weighted by Crippen LogP contribution is 2.22. The second kappa shape index (κ2) is 6.61. The lowest BCUT2D eigenvalue weighted by atomic mass is 10.0. The molecule has 0 aromatic heterocycles. The number of nitrogens with one attached hydrogen (secondary N) is 1.